The summed E-state index contributed by atoms with van der Waals surface area (Å²) in [6.07, 6.45) is 6.52. The molecule has 0 atom stereocenters. The summed E-state index contributed by atoms with van der Waals surface area (Å²) in [5.41, 5.74) is 0. The van der Waals surface area contributed by atoms with Gasteiger partial charge in [0.1, 0.15) is 0 Å². The van der Waals surface area contributed by atoms with E-state index >= 15 is 0 Å². The maximum atomic E-state index is 11.9. The van der Waals surface area contributed by atoms with Crippen LogP contribution in [-0.4, -0.2) is 46.8 Å². The zero-order chi connectivity index (χ0) is 12.1. The van der Waals surface area contributed by atoms with Crippen molar-refractivity contribution >= 4 is 18.9 Å². The summed E-state index contributed by atoms with van der Waals surface area (Å²) < 4.78 is 1.33. The third kappa shape index (κ3) is 3.76. The molecule has 1 amide bonds. The number of hydroxylamine groups is 2. The van der Waals surface area contributed by atoms with E-state index in [-0.39, 0.29) is 6.09 Å². The van der Waals surface area contributed by atoms with Gasteiger partial charge >= 0.3 is 6.09 Å². The summed E-state index contributed by atoms with van der Waals surface area (Å²) in [5, 5.41) is 3.69. The summed E-state index contributed by atoms with van der Waals surface area (Å²) in [6.45, 7) is 3.46. The Morgan fingerprint density at radius 3 is 2.06 bits per heavy atom. The van der Waals surface area contributed by atoms with E-state index in [9.17, 15) is 4.79 Å². The average Bonchev–Trinajstić information content (AvgIpc) is 2.40. The molecular weight excluding hydrogens is 238 g/mol. The van der Waals surface area contributed by atoms with Crippen LogP contribution in [0.15, 0.2) is 0 Å². The van der Waals surface area contributed by atoms with Gasteiger partial charge in [-0.1, -0.05) is 12.8 Å². The van der Waals surface area contributed by atoms with Gasteiger partial charge in [0, 0.05) is 26.2 Å². The second kappa shape index (κ2) is 6.47. The number of rotatable bonds is 2. The maximum Gasteiger partial charge on any atom is 0.453 e. The predicted octanol–water partition coefficient (Wildman–Crippen LogP) is 2.07. The number of hydrazine groups is 1. The van der Waals surface area contributed by atoms with E-state index in [2.05, 4.69) is 12.8 Å². The molecule has 5 nitrogen and oxygen atoms in total. The summed E-state index contributed by atoms with van der Waals surface area (Å²) >= 11 is 4.23. The minimum atomic E-state index is -0.378. The Hall–Kier alpha value is -0.460. The Bertz CT molecular complexity index is 253. The largest absolute Gasteiger partial charge is 0.453 e. The van der Waals surface area contributed by atoms with E-state index in [1.807, 2.05) is 5.01 Å². The van der Waals surface area contributed by atoms with Crippen LogP contribution in [0.25, 0.3) is 0 Å². The van der Waals surface area contributed by atoms with Gasteiger partial charge in [0.05, 0.1) is 0 Å². The van der Waals surface area contributed by atoms with Crippen molar-refractivity contribution in [3.05, 3.63) is 0 Å². The van der Waals surface area contributed by atoms with Gasteiger partial charge in [-0.25, -0.2) is 9.80 Å². The van der Waals surface area contributed by atoms with Crippen molar-refractivity contribution in [1.29, 1.82) is 0 Å². The Morgan fingerprint density at radius 2 is 1.47 bits per heavy atom. The summed E-state index contributed by atoms with van der Waals surface area (Å²) in [5.74, 6) is 0. The van der Waals surface area contributed by atoms with Gasteiger partial charge in [0.15, 0.2) is 0 Å². The van der Waals surface area contributed by atoms with Gasteiger partial charge in [0.2, 0.25) is 0 Å². The van der Waals surface area contributed by atoms with Crippen molar-refractivity contribution in [3.8, 4) is 0 Å². The van der Waals surface area contributed by atoms with Crippen molar-refractivity contribution in [2.75, 3.05) is 26.2 Å². The number of thiol groups is 1. The van der Waals surface area contributed by atoms with Crippen molar-refractivity contribution in [2.24, 2.45) is 0 Å². The van der Waals surface area contributed by atoms with Crippen LogP contribution in [0, 0.1) is 0 Å². The van der Waals surface area contributed by atoms with Crippen LogP contribution in [0.3, 0.4) is 0 Å². The number of piperidine rings is 2. The number of carbonyl (C=O) groups excluding carboxylic acids is 1. The van der Waals surface area contributed by atoms with Crippen molar-refractivity contribution < 1.29 is 9.63 Å². The lowest BCUT2D eigenvalue weighted by molar-refractivity contribution is -0.129. The number of hydrogen-bond donors (Lipinski definition) is 1. The lowest BCUT2D eigenvalue weighted by Crippen LogP contribution is -2.46. The highest BCUT2D eigenvalue weighted by molar-refractivity contribution is 7.78. The molecule has 6 heteroatoms. The Balaban J connectivity index is 1.77. The van der Waals surface area contributed by atoms with E-state index in [0.29, 0.717) is 0 Å². The molecule has 2 heterocycles. The molecule has 0 aromatic carbocycles. The van der Waals surface area contributed by atoms with E-state index in [4.69, 9.17) is 4.84 Å². The number of carbonyl (C=O) groups is 1. The first-order valence-corrected chi connectivity index (χ1v) is 6.88. The predicted molar refractivity (Wildman–Crippen MR) is 68.2 cm³/mol. The summed E-state index contributed by atoms with van der Waals surface area (Å²) in [4.78, 5) is 17.2. The van der Waals surface area contributed by atoms with E-state index in [1.54, 1.807) is 5.06 Å². The molecule has 0 N–H and O–H groups in total. The molecule has 2 aliphatic rings. The highest BCUT2D eigenvalue weighted by atomic mass is 32.1. The van der Waals surface area contributed by atoms with E-state index in [0.717, 1.165) is 51.9 Å². The molecule has 17 heavy (non-hydrogen) atoms. The first-order valence-electron chi connectivity index (χ1n) is 6.48. The highest BCUT2D eigenvalue weighted by Gasteiger charge is 2.24. The molecule has 2 fully saturated rings. The summed E-state index contributed by atoms with van der Waals surface area (Å²) in [6, 6.07) is 0. The minimum Gasteiger partial charge on any atom is -0.349 e. The van der Waals surface area contributed by atoms with Gasteiger partial charge in [-0.3, -0.25) is 0 Å². The molecule has 98 valence electrons. The number of amides is 1. The molecule has 0 spiro atoms. The van der Waals surface area contributed by atoms with Crippen molar-refractivity contribution in [1.82, 2.24) is 14.5 Å². The van der Waals surface area contributed by atoms with Crippen LogP contribution in [0.2, 0.25) is 0 Å². The lowest BCUT2D eigenvalue weighted by atomic mass is 10.2. The van der Waals surface area contributed by atoms with Crippen molar-refractivity contribution in [3.63, 3.8) is 0 Å². The molecule has 2 saturated heterocycles. The quantitative estimate of drug-likeness (QED) is 0.770. The smallest absolute Gasteiger partial charge is 0.349 e. The molecular formula is C11H21N3O2S. The molecule has 0 radical (unpaired) electrons. The van der Waals surface area contributed by atoms with Gasteiger partial charge < -0.3 is 4.84 Å². The van der Waals surface area contributed by atoms with Crippen molar-refractivity contribution in [2.45, 2.75) is 38.5 Å². The van der Waals surface area contributed by atoms with Gasteiger partial charge in [-0.05, 0) is 38.5 Å². The maximum absolute atomic E-state index is 11.9. The topological polar surface area (TPSA) is 36.0 Å². The fourth-order valence-electron chi connectivity index (χ4n) is 2.29. The van der Waals surface area contributed by atoms with Gasteiger partial charge in [-0.2, -0.15) is 4.41 Å². The zero-order valence-electron chi connectivity index (χ0n) is 10.2. The molecule has 0 saturated carbocycles. The van der Waals surface area contributed by atoms with E-state index in [1.165, 1.54) is 17.3 Å². The first kappa shape index (κ1) is 13.0. The van der Waals surface area contributed by atoms with Gasteiger partial charge in [0.25, 0.3) is 0 Å². The lowest BCUT2D eigenvalue weighted by Gasteiger charge is -2.34. The third-order valence-corrected chi connectivity index (χ3v) is 3.70. The first-order chi connectivity index (χ1) is 8.27. The standard InChI is InChI=1S/C11H21N3O2S/c15-11(16-13-9-5-2-6-10-13)14(17)12-7-3-1-4-8-12/h17H,1-10H2. The molecule has 0 aromatic rings. The minimum absolute atomic E-state index is 0.378. The zero-order valence-corrected chi connectivity index (χ0v) is 11.1. The second-order valence-corrected chi connectivity index (χ2v) is 5.03. The second-order valence-electron chi connectivity index (χ2n) is 4.65. The Morgan fingerprint density at radius 1 is 0.941 bits per heavy atom. The van der Waals surface area contributed by atoms with Crippen LogP contribution < -0.4 is 0 Å². The molecule has 0 aromatic heterocycles. The molecule has 2 aliphatic heterocycles. The SMILES string of the molecule is O=C(ON1CCCCC1)N(S)N1CCCCC1. The summed E-state index contributed by atoms with van der Waals surface area (Å²) in [7, 11) is 0. The van der Waals surface area contributed by atoms with Crippen LogP contribution in [0.1, 0.15) is 38.5 Å². The third-order valence-electron chi connectivity index (χ3n) is 3.29. The van der Waals surface area contributed by atoms with Crippen LogP contribution >= 0.6 is 12.8 Å². The van der Waals surface area contributed by atoms with Crippen LogP contribution in [0.5, 0.6) is 0 Å². The Labute approximate surface area is 108 Å². The number of hydrogen-bond acceptors (Lipinski definition) is 5. The molecule has 2 rings (SSSR count). The molecule has 0 bridgehead atoms. The van der Waals surface area contributed by atoms with Gasteiger partial charge in [-0.15, -0.1) is 5.06 Å². The molecule has 0 unspecified atom stereocenters. The fraction of sp³-hybridized carbons (Fsp3) is 0.909. The van der Waals surface area contributed by atoms with E-state index < -0.39 is 0 Å². The highest BCUT2D eigenvalue weighted by Crippen LogP contribution is 2.16. The monoisotopic (exact) mass is 259 g/mol. The molecule has 0 aliphatic carbocycles. The normalized spacial score (nSPS) is 23.4. The fourth-order valence-corrected chi connectivity index (χ4v) is 2.50. The van der Waals surface area contributed by atoms with Crippen LogP contribution in [0.4, 0.5) is 4.79 Å². The average molecular weight is 259 g/mol. The van der Waals surface area contributed by atoms with Crippen LogP contribution in [-0.2, 0) is 4.84 Å². The number of nitrogens with zero attached hydrogens (tertiary/aromatic N) is 3. The Kier molecular flexibility index (Phi) is 4.94.